The molecule has 4 aliphatic rings. The minimum atomic E-state index is -0.409. The van der Waals surface area contributed by atoms with Crippen molar-refractivity contribution >= 4 is 17.9 Å². The van der Waals surface area contributed by atoms with Gasteiger partial charge in [-0.15, -0.1) is 0 Å². The number of ether oxygens (including phenoxy) is 2. The summed E-state index contributed by atoms with van der Waals surface area (Å²) in [5.41, 5.74) is 0.0265. The van der Waals surface area contributed by atoms with Crippen molar-refractivity contribution < 1.29 is 23.9 Å². The minimum Gasteiger partial charge on any atom is -0.448 e. The van der Waals surface area contributed by atoms with Gasteiger partial charge in [-0.2, -0.15) is 0 Å². The van der Waals surface area contributed by atoms with Crippen LogP contribution >= 0.6 is 0 Å². The number of cyclic esters (lactones) is 1. The van der Waals surface area contributed by atoms with Gasteiger partial charge in [-0.1, -0.05) is 0 Å². The van der Waals surface area contributed by atoms with Crippen LogP contribution < -0.4 is 0 Å². The first-order valence-corrected chi connectivity index (χ1v) is 9.02. The number of nitrogens with zero attached hydrogens (tertiary/aromatic N) is 3. The number of methoxy groups -OCH3 is 1. The van der Waals surface area contributed by atoms with Gasteiger partial charge in [0.2, 0.25) is 5.91 Å². The van der Waals surface area contributed by atoms with E-state index in [1.807, 2.05) is 9.80 Å². The molecule has 4 fully saturated rings. The molecule has 3 amide bonds. The van der Waals surface area contributed by atoms with Gasteiger partial charge in [0.25, 0.3) is 5.91 Å². The number of carbonyl (C=O) groups excluding carboxylic acids is 3. The quantitative estimate of drug-likeness (QED) is 0.692. The molecule has 4 rings (SSSR count). The maximum absolute atomic E-state index is 12.5. The molecule has 0 aromatic heterocycles. The van der Waals surface area contributed by atoms with Crippen LogP contribution in [-0.2, 0) is 19.1 Å². The Bertz CT molecular complexity index is 585. The normalized spacial score (nSPS) is 26.0. The fourth-order valence-corrected chi connectivity index (χ4v) is 4.23. The number of hydrogen-bond donors (Lipinski definition) is 0. The molecule has 8 heteroatoms. The van der Waals surface area contributed by atoms with Crippen molar-refractivity contribution in [3.05, 3.63) is 0 Å². The van der Waals surface area contributed by atoms with Crippen molar-refractivity contribution in [1.82, 2.24) is 14.7 Å². The zero-order chi connectivity index (χ0) is 17.6. The average molecular weight is 351 g/mol. The second-order valence-corrected chi connectivity index (χ2v) is 7.79. The molecular weight excluding hydrogens is 326 g/mol. The molecular formula is C17H25N3O5. The second-order valence-electron chi connectivity index (χ2n) is 7.79. The van der Waals surface area contributed by atoms with Crippen LogP contribution in [0, 0.1) is 11.3 Å². The predicted molar refractivity (Wildman–Crippen MR) is 86.7 cm³/mol. The molecule has 138 valence electrons. The Morgan fingerprint density at radius 3 is 2.56 bits per heavy atom. The van der Waals surface area contributed by atoms with Crippen LogP contribution in [0.15, 0.2) is 0 Å². The Labute approximate surface area is 147 Å². The van der Waals surface area contributed by atoms with Crippen LogP contribution in [0.1, 0.15) is 19.3 Å². The van der Waals surface area contributed by atoms with Crippen LogP contribution in [0.2, 0.25) is 0 Å². The summed E-state index contributed by atoms with van der Waals surface area (Å²) in [6.45, 7) is 3.69. The zero-order valence-electron chi connectivity index (χ0n) is 14.6. The van der Waals surface area contributed by atoms with Crippen LogP contribution in [0.4, 0.5) is 4.79 Å². The van der Waals surface area contributed by atoms with E-state index in [0.717, 1.165) is 19.3 Å². The van der Waals surface area contributed by atoms with Gasteiger partial charge in [-0.05, 0) is 25.2 Å². The summed E-state index contributed by atoms with van der Waals surface area (Å²) in [7, 11) is 1.61. The molecule has 8 nitrogen and oxygen atoms in total. The van der Waals surface area contributed by atoms with E-state index in [1.54, 1.807) is 7.11 Å². The van der Waals surface area contributed by atoms with E-state index in [9.17, 15) is 14.4 Å². The molecule has 1 unspecified atom stereocenters. The first kappa shape index (κ1) is 16.6. The smallest absolute Gasteiger partial charge is 0.410 e. The molecule has 1 aliphatic carbocycles. The summed E-state index contributed by atoms with van der Waals surface area (Å²) in [5, 5.41) is 0. The molecule has 25 heavy (non-hydrogen) atoms. The first-order chi connectivity index (χ1) is 12.0. The summed E-state index contributed by atoms with van der Waals surface area (Å²) in [6, 6.07) is 0. The van der Waals surface area contributed by atoms with Crippen LogP contribution in [0.3, 0.4) is 0 Å². The van der Waals surface area contributed by atoms with Crippen molar-refractivity contribution in [2.75, 3.05) is 53.0 Å². The number of rotatable bonds is 5. The van der Waals surface area contributed by atoms with Crippen molar-refractivity contribution in [2.24, 2.45) is 11.3 Å². The van der Waals surface area contributed by atoms with E-state index in [1.165, 1.54) is 4.90 Å². The van der Waals surface area contributed by atoms with E-state index in [4.69, 9.17) is 9.47 Å². The third-order valence-electron chi connectivity index (χ3n) is 5.87. The lowest BCUT2D eigenvalue weighted by molar-refractivity contribution is -0.155. The van der Waals surface area contributed by atoms with Gasteiger partial charge in [0, 0.05) is 38.7 Å². The largest absolute Gasteiger partial charge is 0.448 e. The zero-order valence-corrected chi connectivity index (χ0v) is 14.6. The number of carbonyl (C=O) groups is 3. The van der Waals surface area contributed by atoms with Gasteiger partial charge in [-0.3, -0.25) is 14.5 Å². The molecule has 0 radical (unpaired) electrons. The van der Waals surface area contributed by atoms with Gasteiger partial charge in [0.15, 0.2) is 0 Å². The highest BCUT2D eigenvalue weighted by Gasteiger charge is 2.52. The molecule has 1 saturated carbocycles. The summed E-state index contributed by atoms with van der Waals surface area (Å²) in [4.78, 5) is 41.5. The van der Waals surface area contributed by atoms with Crippen LogP contribution in [0.5, 0.6) is 0 Å². The minimum absolute atomic E-state index is 0.0265. The SMILES string of the molecule is COC(C(=O)N1CC2(CCN(C(=O)CN3CCOC3=O)C2)C1)C1CC1. The standard InChI is InChI=1S/C17H25N3O5/c1-24-14(12-2-3-12)15(22)20-10-17(11-20)4-5-19(9-17)13(21)8-18-6-7-25-16(18)23/h12,14H,2-11H2,1H3. The topological polar surface area (TPSA) is 79.4 Å². The number of hydrogen-bond acceptors (Lipinski definition) is 5. The summed E-state index contributed by atoms with van der Waals surface area (Å²) < 4.78 is 10.2. The van der Waals surface area contributed by atoms with Gasteiger partial charge in [-0.25, -0.2) is 4.79 Å². The van der Waals surface area contributed by atoms with E-state index >= 15 is 0 Å². The second kappa shape index (κ2) is 6.16. The molecule has 3 heterocycles. The van der Waals surface area contributed by atoms with Gasteiger partial charge in [0.05, 0.1) is 6.54 Å². The number of likely N-dealkylation sites (tertiary alicyclic amines) is 2. The Hall–Kier alpha value is -1.83. The Kier molecular flexibility index (Phi) is 4.10. The third kappa shape index (κ3) is 3.07. The average Bonchev–Trinajstić information content (AvgIpc) is 3.15. The predicted octanol–water partition coefficient (Wildman–Crippen LogP) is -0.0755. The summed E-state index contributed by atoms with van der Waals surface area (Å²) >= 11 is 0. The molecule has 0 aromatic carbocycles. The molecule has 3 saturated heterocycles. The Morgan fingerprint density at radius 1 is 1.24 bits per heavy atom. The van der Waals surface area contributed by atoms with Gasteiger partial charge < -0.3 is 19.3 Å². The van der Waals surface area contributed by atoms with E-state index in [0.29, 0.717) is 45.2 Å². The molecule has 0 aromatic rings. The van der Waals surface area contributed by atoms with Crippen molar-refractivity contribution in [3.63, 3.8) is 0 Å². The summed E-state index contributed by atoms with van der Waals surface area (Å²) in [6.07, 6.45) is 2.36. The maximum atomic E-state index is 12.5. The van der Waals surface area contributed by atoms with Crippen molar-refractivity contribution in [1.29, 1.82) is 0 Å². The fourth-order valence-electron chi connectivity index (χ4n) is 4.23. The van der Waals surface area contributed by atoms with Gasteiger partial charge >= 0.3 is 6.09 Å². The molecule has 1 spiro atoms. The third-order valence-corrected chi connectivity index (χ3v) is 5.87. The van der Waals surface area contributed by atoms with E-state index in [2.05, 4.69) is 0 Å². The first-order valence-electron chi connectivity index (χ1n) is 9.02. The fraction of sp³-hybridized carbons (Fsp3) is 0.824. The lowest BCUT2D eigenvalue weighted by Gasteiger charge is -2.48. The highest BCUT2D eigenvalue weighted by molar-refractivity contribution is 5.84. The summed E-state index contributed by atoms with van der Waals surface area (Å²) in [5.74, 6) is 0.449. The van der Waals surface area contributed by atoms with Crippen LogP contribution in [0.25, 0.3) is 0 Å². The number of amides is 3. The highest BCUT2D eigenvalue weighted by Crippen LogP contribution is 2.42. The van der Waals surface area contributed by atoms with Crippen molar-refractivity contribution in [3.8, 4) is 0 Å². The monoisotopic (exact) mass is 351 g/mol. The van der Waals surface area contributed by atoms with Crippen molar-refractivity contribution in [2.45, 2.75) is 25.4 Å². The molecule has 3 aliphatic heterocycles. The molecule has 1 atom stereocenters. The Balaban J connectivity index is 1.27. The lowest BCUT2D eigenvalue weighted by atomic mass is 9.78. The molecule has 0 N–H and O–H groups in total. The van der Waals surface area contributed by atoms with Gasteiger partial charge in [0.1, 0.15) is 19.3 Å². The van der Waals surface area contributed by atoms with Crippen LogP contribution in [-0.4, -0.2) is 91.7 Å². The molecule has 0 bridgehead atoms. The Morgan fingerprint density at radius 2 is 1.96 bits per heavy atom. The van der Waals surface area contributed by atoms with E-state index in [-0.39, 0.29) is 29.9 Å². The maximum Gasteiger partial charge on any atom is 0.410 e. The highest BCUT2D eigenvalue weighted by atomic mass is 16.6. The van der Waals surface area contributed by atoms with E-state index < -0.39 is 6.09 Å². The lowest BCUT2D eigenvalue weighted by Crippen LogP contribution is -2.62.